The van der Waals surface area contributed by atoms with E-state index in [9.17, 15) is 9.59 Å². The lowest BCUT2D eigenvalue weighted by molar-refractivity contribution is -0.134. The molecule has 3 rings (SSSR count). The molecule has 30 heavy (non-hydrogen) atoms. The molecule has 0 saturated carbocycles. The first-order valence-corrected chi connectivity index (χ1v) is 9.10. The Morgan fingerprint density at radius 2 is 1.67 bits per heavy atom. The van der Waals surface area contributed by atoms with Crippen molar-refractivity contribution in [1.82, 2.24) is 9.88 Å². The summed E-state index contributed by atoms with van der Waals surface area (Å²) in [6.07, 6.45) is 2.91. The standard InChI is InChI=1S/C18H19N3O.C4H4O4/c1-21(2)12-13-22-20-18-15-7-4-3-6-14(15)9-10-17-16(18)8-5-11-19-17;5-3(6)1-2-4(7)8/h3-11H,12-13H2,1-2H3;1-2H,(H,5,6)(H,7,8)/b20-18+;2-1-. The minimum atomic E-state index is -1.26. The fourth-order valence-electron chi connectivity index (χ4n) is 2.50. The molecular formula is C22H23N3O5. The van der Waals surface area contributed by atoms with Crippen LogP contribution in [-0.2, 0) is 14.4 Å². The second-order valence-electron chi connectivity index (χ2n) is 6.44. The van der Waals surface area contributed by atoms with Gasteiger partial charge in [-0.3, -0.25) is 4.98 Å². The summed E-state index contributed by atoms with van der Waals surface area (Å²) in [5.74, 6) is -2.51. The summed E-state index contributed by atoms with van der Waals surface area (Å²) < 4.78 is 0. The van der Waals surface area contributed by atoms with Crippen LogP contribution in [0.15, 0.2) is 72.0 Å². The van der Waals surface area contributed by atoms with E-state index >= 15 is 0 Å². The molecule has 0 saturated heterocycles. The number of carboxylic acid groups (broad SMARTS) is 2. The fourth-order valence-corrected chi connectivity index (χ4v) is 2.50. The van der Waals surface area contributed by atoms with Crippen molar-refractivity contribution in [3.63, 3.8) is 0 Å². The van der Waals surface area contributed by atoms with Gasteiger partial charge in [-0.15, -0.1) is 0 Å². The number of pyridine rings is 1. The maximum absolute atomic E-state index is 9.55. The average Bonchev–Trinajstić information content (AvgIpc) is 2.87. The third-order valence-electron chi connectivity index (χ3n) is 3.88. The summed E-state index contributed by atoms with van der Waals surface area (Å²) >= 11 is 0. The summed E-state index contributed by atoms with van der Waals surface area (Å²) in [5, 5.41) is 24.0. The van der Waals surface area contributed by atoms with Crippen LogP contribution in [0.25, 0.3) is 21.7 Å². The molecule has 3 aromatic rings. The first-order valence-electron chi connectivity index (χ1n) is 9.10. The quantitative estimate of drug-likeness (QED) is 0.365. The summed E-state index contributed by atoms with van der Waals surface area (Å²) in [5.41, 5.74) is 0.911. The summed E-state index contributed by atoms with van der Waals surface area (Å²) in [6.45, 7) is 1.39. The van der Waals surface area contributed by atoms with E-state index in [0.29, 0.717) is 18.8 Å². The minimum absolute atomic E-state index is 0.557. The van der Waals surface area contributed by atoms with Gasteiger partial charge in [-0.2, -0.15) is 0 Å². The van der Waals surface area contributed by atoms with Crippen LogP contribution in [-0.4, -0.2) is 59.3 Å². The number of carboxylic acids is 2. The van der Waals surface area contributed by atoms with Crippen LogP contribution in [0.2, 0.25) is 0 Å². The van der Waals surface area contributed by atoms with Gasteiger partial charge < -0.3 is 20.0 Å². The first-order chi connectivity index (χ1) is 14.4. The monoisotopic (exact) mass is 409 g/mol. The van der Waals surface area contributed by atoms with Crippen molar-refractivity contribution in [3.8, 4) is 0 Å². The number of rotatable bonds is 6. The molecule has 0 bridgehead atoms. The molecule has 0 unspecified atom stereocenters. The molecule has 8 nitrogen and oxygen atoms in total. The van der Waals surface area contributed by atoms with E-state index in [4.69, 9.17) is 15.1 Å². The zero-order valence-corrected chi connectivity index (χ0v) is 16.7. The predicted molar refractivity (Wildman–Crippen MR) is 114 cm³/mol. The molecule has 0 aliphatic carbocycles. The topological polar surface area (TPSA) is 112 Å². The van der Waals surface area contributed by atoms with E-state index in [1.54, 1.807) is 6.20 Å². The average molecular weight is 409 g/mol. The van der Waals surface area contributed by atoms with Gasteiger partial charge in [0.05, 0.1) is 5.52 Å². The SMILES string of the molecule is CN(C)CCO/N=c1\c2ccccc2ccc2ncccc12.O=C(O)/C=C\C(=O)O. The third kappa shape index (κ3) is 6.99. The van der Waals surface area contributed by atoms with Gasteiger partial charge in [-0.1, -0.05) is 35.5 Å². The Morgan fingerprint density at radius 1 is 1.00 bits per heavy atom. The number of hydrogen-bond donors (Lipinski definition) is 2. The Balaban J connectivity index is 0.000000343. The number of likely N-dealkylation sites (N-methyl/N-ethyl adjacent to an activating group) is 1. The molecule has 0 spiro atoms. The Kier molecular flexibility index (Phi) is 8.46. The minimum Gasteiger partial charge on any atom is -0.478 e. The smallest absolute Gasteiger partial charge is 0.328 e. The van der Waals surface area contributed by atoms with Gasteiger partial charge in [0.1, 0.15) is 12.0 Å². The lowest BCUT2D eigenvalue weighted by Gasteiger charge is -2.07. The molecule has 0 fully saturated rings. The number of benzene rings is 1. The maximum atomic E-state index is 9.55. The molecule has 1 heterocycles. The van der Waals surface area contributed by atoms with Crippen molar-refractivity contribution in [2.45, 2.75) is 0 Å². The molecule has 8 heteroatoms. The van der Waals surface area contributed by atoms with E-state index in [2.05, 4.69) is 33.2 Å². The van der Waals surface area contributed by atoms with Crippen molar-refractivity contribution in [2.75, 3.05) is 27.2 Å². The summed E-state index contributed by atoms with van der Waals surface area (Å²) in [4.78, 5) is 31.2. The lowest BCUT2D eigenvalue weighted by atomic mass is 10.1. The number of aromatic nitrogens is 1. The van der Waals surface area contributed by atoms with E-state index in [0.717, 1.165) is 33.6 Å². The van der Waals surface area contributed by atoms with Crippen LogP contribution in [0, 0.1) is 0 Å². The van der Waals surface area contributed by atoms with Crippen LogP contribution in [0.4, 0.5) is 0 Å². The highest BCUT2D eigenvalue weighted by Gasteiger charge is 2.01. The van der Waals surface area contributed by atoms with Crippen molar-refractivity contribution >= 4 is 33.6 Å². The highest BCUT2D eigenvalue weighted by atomic mass is 16.6. The van der Waals surface area contributed by atoms with Crippen molar-refractivity contribution in [1.29, 1.82) is 0 Å². The second-order valence-corrected chi connectivity index (χ2v) is 6.44. The molecule has 2 aromatic carbocycles. The highest BCUT2D eigenvalue weighted by molar-refractivity contribution is 5.91. The first kappa shape index (κ1) is 22.5. The van der Waals surface area contributed by atoms with E-state index < -0.39 is 11.9 Å². The number of nitrogens with zero attached hydrogens (tertiary/aromatic N) is 3. The van der Waals surface area contributed by atoms with Gasteiger partial charge in [0.2, 0.25) is 0 Å². The summed E-state index contributed by atoms with van der Waals surface area (Å²) in [6, 6.07) is 16.2. The van der Waals surface area contributed by atoms with Crippen LogP contribution in [0.3, 0.4) is 0 Å². The Bertz CT molecular complexity index is 1050. The molecular weight excluding hydrogens is 386 g/mol. The van der Waals surface area contributed by atoms with Crippen LogP contribution >= 0.6 is 0 Å². The molecule has 156 valence electrons. The fraction of sp³-hybridized carbons (Fsp3) is 0.182. The zero-order valence-electron chi connectivity index (χ0n) is 16.7. The number of aliphatic carboxylic acids is 2. The molecule has 0 radical (unpaired) electrons. The Hall–Kier alpha value is -3.78. The van der Waals surface area contributed by atoms with Gasteiger partial charge in [0.15, 0.2) is 0 Å². The van der Waals surface area contributed by atoms with Crippen LogP contribution < -0.4 is 5.36 Å². The molecule has 1 aromatic heterocycles. The van der Waals surface area contributed by atoms with E-state index in [1.165, 1.54) is 0 Å². The van der Waals surface area contributed by atoms with Crippen molar-refractivity contribution in [3.05, 3.63) is 72.2 Å². The third-order valence-corrected chi connectivity index (χ3v) is 3.88. The van der Waals surface area contributed by atoms with Gasteiger partial charge in [0.25, 0.3) is 0 Å². The highest BCUT2D eigenvalue weighted by Crippen LogP contribution is 2.13. The predicted octanol–water partition coefficient (Wildman–Crippen LogP) is 2.49. The van der Waals surface area contributed by atoms with Crippen LogP contribution in [0.1, 0.15) is 0 Å². The van der Waals surface area contributed by atoms with Gasteiger partial charge in [-0.05, 0) is 37.7 Å². The van der Waals surface area contributed by atoms with E-state index in [-0.39, 0.29) is 0 Å². The molecule has 0 aliphatic heterocycles. The number of hydrogen-bond acceptors (Lipinski definition) is 6. The Labute approximate surface area is 173 Å². The van der Waals surface area contributed by atoms with Gasteiger partial charge in [0, 0.05) is 35.7 Å². The van der Waals surface area contributed by atoms with E-state index in [1.807, 2.05) is 44.4 Å². The van der Waals surface area contributed by atoms with Gasteiger partial charge in [-0.25, -0.2) is 9.59 Å². The number of carbonyl (C=O) groups is 2. The number of fused-ring (bicyclic) bond motifs is 2. The summed E-state index contributed by atoms with van der Waals surface area (Å²) in [7, 11) is 4.03. The second kappa shape index (κ2) is 11.3. The maximum Gasteiger partial charge on any atom is 0.328 e. The lowest BCUT2D eigenvalue weighted by Crippen LogP contribution is -2.17. The molecule has 0 amide bonds. The van der Waals surface area contributed by atoms with Crippen LogP contribution in [0.5, 0.6) is 0 Å². The molecule has 0 atom stereocenters. The van der Waals surface area contributed by atoms with Gasteiger partial charge >= 0.3 is 11.9 Å². The zero-order chi connectivity index (χ0) is 21.9. The molecule has 2 N–H and O–H groups in total. The molecule has 0 aliphatic rings. The largest absolute Gasteiger partial charge is 0.478 e. The van der Waals surface area contributed by atoms with Crippen molar-refractivity contribution < 1.29 is 24.6 Å². The normalized spacial score (nSPS) is 11.5. The van der Waals surface area contributed by atoms with Crippen molar-refractivity contribution in [2.24, 2.45) is 5.16 Å². The Morgan fingerprint density at radius 3 is 2.33 bits per heavy atom.